The molecule has 0 aliphatic carbocycles. The third-order valence-corrected chi connectivity index (χ3v) is 14.1. The van der Waals surface area contributed by atoms with Gasteiger partial charge in [-0.1, -0.05) is 206 Å². The van der Waals surface area contributed by atoms with Crippen LogP contribution in [0.25, 0.3) is 0 Å². The Morgan fingerprint density at radius 1 is 0.463 bits per heavy atom. The summed E-state index contributed by atoms with van der Waals surface area (Å²) in [7, 11) is 0. The van der Waals surface area contributed by atoms with Gasteiger partial charge in [-0.15, -0.1) is 0 Å². The third-order valence-electron chi connectivity index (χ3n) is 14.1. The van der Waals surface area contributed by atoms with Gasteiger partial charge in [-0.2, -0.15) is 0 Å². The van der Waals surface area contributed by atoms with E-state index in [1.54, 1.807) is 6.08 Å². The van der Waals surface area contributed by atoms with Crippen molar-refractivity contribution in [2.75, 3.05) is 19.8 Å². The quantitative estimate of drug-likeness (QED) is 0.0204. The molecule has 2 saturated heterocycles. The molecule has 2 rings (SSSR count). The fraction of sp³-hybridized carbons (Fsp3) is 0.682. The normalized spacial score (nSPS) is 25.1. The molecule has 0 saturated carbocycles. The standard InChI is InChI=1S/C66H109NO13/c1-3-5-7-9-11-13-15-17-19-21-22-23-24-25-26-27-28-29-30-31-32-34-36-38-40-42-44-46-48-50-58(71)67-54(55(70)49-47-45-43-41-39-37-35-33-20-18-16-14-12-10-8-6-4-2)53-77-65-63(76)61(74)64(57(52-69)79-65)80-66-62(75)60(73)59(72)56(51-68)78-66/h5,7,11,13,17,19-20,22-23,25-26,28-29,31-33,39,41,47,49,54-57,59-66,68-70,72-76H,3-4,6,8-10,12,14-16,18,21,24,27,30,34-38,40,42-46,48,50-53H2,1-2H3,(H,67,71)/b7-5-,13-11-,19-17-,23-22-,26-25-,29-28-,32-31-,33-20+,41-39+,49-47+. The van der Waals surface area contributed by atoms with Gasteiger partial charge in [0, 0.05) is 6.42 Å². The summed E-state index contributed by atoms with van der Waals surface area (Å²) in [6.07, 6.45) is 55.2. The predicted molar refractivity (Wildman–Crippen MR) is 322 cm³/mol. The molecule has 2 aliphatic rings. The van der Waals surface area contributed by atoms with E-state index in [4.69, 9.17) is 18.9 Å². The molecule has 0 aromatic rings. The van der Waals surface area contributed by atoms with Gasteiger partial charge in [0.2, 0.25) is 5.91 Å². The van der Waals surface area contributed by atoms with Crippen molar-refractivity contribution in [2.45, 2.75) is 267 Å². The van der Waals surface area contributed by atoms with Crippen LogP contribution in [0.3, 0.4) is 0 Å². The van der Waals surface area contributed by atoms with Crippen LogP contribution in [0.15, 0.2) is 122 Å². The summed E-state index contributed by atoms with van der Waals surface area (Å²) < 4.78 is 22.7. The Hall–Kier alpha value is -3.61. The van der Waals surface area contributed by atoms with Crippen molar-refractivity contribution in [2.24, 2.45) is 0 Å². The van der Waals surface area contributed by atoms with Crippen LogP contribution in [-0.2, 0) is 23.7 Å². The second-order valence-electron chi connectivity index (χ2n) is 21.1. The monoisotopic (exact) mass is 1120 g/mol. The molecule has 2 aliphatic heterocycles. The molecule has 0 bridgehead atoms. The summed E-state index contributed by atoms with van der Waals surface area (Å²) in [5.74, 6) is -0.271. The summed E-state index contributed by atoms with van der Waals surface area (Å²) >= 11 is 0. The highest BCUT2D eigenvalue weighted by atomic mass is 16.7. The molecule has 12 unspecified atom stereocenters. The van der Waals surface area contributed by atoms with Crippen molar-refractivity contribution >= 4 is 5.91 Å². The first-order valence-corrected chi connectivity index (χ1v) is 30.8. The van der Waals surface area contributed by atoms with E-state index >= 15 is 0 Å². The number of aliphatic hydroxyl groups excluding tert-OH is 8. The number of amides is 1. The van der Waals surface area contributed by atoms with Crippen LogP contribution >= 0.6 is 0 Å². The topological polar surface area (TPSA) is 228 Å². The van der Waals surface area contributed by atoms with Crippen molar-refractivity contribution in [3.63, 3.8) is 0 Å². The van der Waals surface area contributed by atoms with Gasteiger partial charge in [-0.05, 0) is 103 Å². The van der Waals surface area contributed by atoms with Gasteiger partial charge in [0.25, 0.3) is 0 Å². The van der Waals surface area contributed by atoms with Crippen molar-refractivity contribution in [3.05, 3.63) is 122 Å². The number of allylic oxidation sites excluding steroid dienone is 19. The Balaban J connectivity index is 1.76. The zero-order valence-electron chi connectivity index (χ0n) is 49.0. The number of unbranched alkanes of at least 4 members (excludes halogenated alkanes) is 16. The zero-order chi connectivity index (χ0) is 58.1. The van der Waals surface area contributed by atoms with Crippen LogP contribution in [0, 0.1) is 0 Å². The summed E-state index contributed by atoms with van der Waals surface area (Å²) in [6.45, 7) is 2.62. The second kappa shape index (κ2) is 50.0. The Morgan fingerprint density at radius 3 is 1.38 bits per heavy atom. The molecular weight excluding hydrogens is 1010 g/mol. The highest BCUT2D eigenvalue weighted by molar-refractivity contribution is 5.76. The van der Waals surface area contributed by atoms with Crippen molar-refractivity contribution < 1.29 is 64.6 Å². The summed E-state index contributed by atoms with van der Waals surface area (Å²) in [5, 5.41) is 87.1. The molecule has 0 radical (unpaired) electrons. The lowest BCUT2D eigenvalue weighted by molar-refractivity contribution is -0.359. The molecule has 0 spiro atoms. The Morgan fingerprint density at radius 2 is 0.875 bits per heavy atom. The largest absolute Gasteiger partial charge is 0.394 e. The van der Waals surface area contributed by atoms with E-state index < -0.39 is 86.8 Å². The number of nitrogens with one attached hydrogen (secondary N) is 1. The number of aliphatic hydroxyl groups is 8. The van der Waals surface area contributed by atoms with Crippen LogP contribution in [0.1, 0.15) is 194 Å². The maximum Gasteiger partial charge on any atom is 0.220 e. The Bertz CT molecular complexity index is 1800. The fourth-order valence-electron chi connectivity index (χ4n) is 9.18. The molecule has 0 aromatic carbocycles. The lowest BCUT2D eigenvalue weighted by Crippen LogP contribution is -2.65. The Labute approximate surface area is 482 Å². The molecule has 14 heteroatoms. The first-order valence-electron chi connectivity index (χ1n) is 30.8. The Kier molecular flexibility index (Phi) is 45.3. The fourth-order valence-corrected chi connectivity index (χ4v) is 9.18. The van der Waals surface area contributed by atoms with Gasteiger partial charge in [-0.3, -0.25) is 4.79 Å². The van der Waals surface area contributed by atoms with Crippen LogP contribution in [0.5, 0.6) is 0 Å². The molecule has 2 fully saturated rings. The minimum absolute atomic E-state index is 0.248. The van der Waals surface area contributed by atoms with E-state index in [0.717, 1.165) is 116 Å². The van der Waals surface area contributed by atoms with Crippen LogP contribution in [-0.4, -0.2) is 140 Å². The molecule has 12 atom stereocenters. The van der Waals surface area contributed by atoms with Gasteiger partial charge in [0.15, 0.2) is 12.6 Å². The smallest absolute Gasteiger partial charge is 0.220 e. The molecule has 456 valence electrons. The first kappa shape index (κ1) is 72.5. The van der Waals surface area contributed by atoms with Crippen LogP contribution in [0.4, 0.5) is 0 Å². The highest BCUT2D eigenvalue weighted by Crippen LogP contribution is 2.30. The highest BCUT2D eigenvalue weighted by Gasteiger charge is 2.51. The second-order valence-corrected chi connectivity index (χ2v) is 21.1. The molecule has 14 nitrogen and oxygen atoms in total. The lowest BCUT2D eigenvalue weighted by Gasteiger charge is -2.46. The van der Waals surface area contributed by atoms with Gasteiger partial charge in [0.1, 0.15) is 48.8 Å². The average molecular weight is 1120 g/mol. The van der Waals surface area contributed by atoms with Crippen molar-refractivity contribution in [1.29, 1.82) is 0 Å². The van der Waals surface area contributed by atoms with E-state index in [1.165, 1.54) is 44.9 Å². The molecule has 80 heavy (non-hydrogen) atoms. The lowest BCUT2D eigenvalue weighted by atomic mass is 9.97. The number of hydrogen-bond donors (Lipinski definition) is 9. The summed E-state index contributed by atoms with van der Waals surface area (Å²) in [4.78, 5) is 13.3. The average Bonchev–Trinajstić information content (AvgIpc) is 3.46. The number of rotatable bonds is 47. The number of carbonyl (C=O) groups is 1. The molecular formula is C66H109NO13. The first-order chi connectivity index (χ1) is 39.1. The zero-order valence-corrected chi connectivity index (χ0v) is 49.0. The summed E-state index contributed by atoms with van der Waals surface area (Å²) in [5.41, 5.74) is 0. The van der Waals surface area contributed by atoms with Crippen molar-refractivity contribution in [1.82, 2.24) is 5.32 Å². The SMILES string of the molecule is CC/C=C\C/C=C\C/C=C\C/C=C\C/C=C\C/C=C\C/C=C\CCCCCCCCCC(=O)NC(COC1OC(CO)C(OC2OC(CO)C(O)C(O)C2O)C(O)C1O)C(O)/C=C/CC/C=C/CC/C=C/CCCCCCCCC. The number of hydrogen-bond acceptors (Lipinski definition) is 13. The maximum absolute atomic E-state index is 13.3. The molecule has 0 aromatic heterocycles. The number of ether oxygens (including phenoxy) is 4. The minimum atomic E-state index is -1.80. The van der Waals surface area contributed by atoms with E-state index in [2.05, 4.69) is 129 Å². The minimum Gasteiger partial charge on any atom is -0.394 e. The molecule has 1 amide bonds. The van der Waals surface area contributed by atoms with E-state index in [0.29, 0.717) is 12.8 Å². The van der Waals surface area contributed by atoms with Gasteiger partial charge in [0.05, 0.1) is 32.0 Å². The van der Waals surface area contributed by atoms with Crippen LogP contribution < -0.4 is 5.32 Å². The number of carbonyl (C=O) groups excluding carboxylic acids is 1. The molecule has 9 N–H and O–H groups in total. The third kappa shape index (κ3) is 34.7. The van der Waals surface area contributed by atoms with E-state index in [1.807, 2.05) is 6.08 Å². The van der Waals surface area contributed by atoms with Crippen molar-refractivity contribution in [3.8, 4) is 0 Å². The predicted octanol–water partition coefficient (Wildman–Crippen LogP) is 11.0. The maximum atomic E-state index is 13.3. The molecule has 2 heterocycles. The van der Waals surface area contributed by atoms with Gasteiger partial charge >= 0.3 is 0 Å². The van der Waals surface area contributed by atoms with E-state index in [-0.39, 0.29) is 18.9 Å². The van der Waals surface area contributed by atoms with Crippen LogP contribution in [0.2, 0.25) is 0 Å². The summed E-state index contributed by atoms with van der Waals surface area (Å²) in [6, 6.07) is -0.953. The van der Waals surface area contributed by atoms with Gasteiger partial charge in [-0.25, -0.2) is 0 Å². The van der Waals surface area contributed by atoms with Gasteiger partial charge < -0.3 is 65.1 Å². The van der Waals surface area contributed by atoms with E-state index in [9.17, 15) is 45.6 Å².